The molecule has 2 aliphatic rings. The number of rotatable bonds is 5. The van der Waals surface area contributed by atoms with Crippen LogP contribution in [-0.2, 0) is 0 Å². The maximum atomic E-state index is 9.26. The molecule has 1 unspecified atom stereocenters. The van der Waals surface area contributed by atoms with Crippen molar-refractivity contribution in [3.8, 4) is 5.75 Å². The van der Waals surface area contributed by atoms with Crippen molar-refractivity contribution in [1.29, 1.82) is 0 Å². The van der Waals surface area contributed by atoms with E-state index in [0.29, 0.717) is 12.0 Å². The molecular weight excluding hydrogens is 238 g/mol. The maximum absolute atomic E-state index is 9.26. The standard InChI is InChI=1S/C16H23NO2/c18-10-9-17(14-4-3-5-14)12-13-8-11-19-16-7-2-1-6-15(13)16/h1-2,6-7,13-14,18H,3-5,8-12H2. The molecule has 1 atom stereocenters. The molecule has 0 radical (unpaired) electrons. The minimum atomic E-state index is 0.265. The number of benzene rings is 1. The molecule has 1 aliphatic carbocycles. The van der Waals surface area contributed by atoms with Gasteiger partial charge in [0.15, 0.2) is 0 Å². The van der Waals surface area contributed by atoms with Gasteiger partial charge in [0.05, 0.1) is 13.2 Å². The molecule has 1 aromatic rings. The van der Waals surface area contributed by atoms with Gasteiger partial charge in [-0.2, -0.15) is 0 Å². The Kier molecular flexibility index (Phi) is 4.04. The molecule has 1 N–H and O–H groups in total. The molecule has 0 bridgehead atoms. The van der Waals surface area contributed by atoms with Crippen molar-refractivity contribution in [2.24, 2.45) is 0 Å². The van der Waals surface area contributed by atoms with Crippen LogP contribution in [0.1, 0.15) is 37.2 Å². The molecular formula is C16H23NO2. The highest BCUT2D eigenvalue weighted by molar-refractivity contribution is 5.38. The molecule has 3 nitrogen and oxygen atoms in total. The highest BCUT2D eigenvalue weighted by Crippen LogP contribution is 2.35. The first kappa shape index (κ1) is 12.9. The molecule has 19 heavy (non-hydrogen) atoms. The fourth-order valence-corrected chi connectivity index (χ4v) is 3.19. The third-order valence-corrected chi connectivity index (χ3v) is 4.52. The number of aliphatic hydroxyl groups is 1. The summed E-state index contributed by atoms with van der Waals surface area (Å²) in [7, 11) is 0. The number of fused-ring (bicyclic) bond motifs is 1. The Morgan fingerprint density at radius 2 is 2.05 bits per heavy atom. The first-order valence-electron chi connectivity index (χ1n) is 7.45. The van der Waals surface area contributed by atoms with Crippen LogP contribution in [-0.4, -0.2) is 42.4 Å². The summed E-state index contributed by atoms with van der Waals surface area (Å²) >= 11 is 0. The average molecular weight is 261 g/mol. The smallest absolute Gasteiger partial charge is 0.122 e. The Hall–Kier alpha value is -1.06. The van der Waals surface area contributed by atoms with Crippen molar-refractivity contribution in [3.63, 3.8) is 0 Å². The number of ether oxygens (including phenoxy) is 1. The first-order chi connectivity index (χ1) is 9.38. The molecule has 1 saturated carbocycles. The fourth-order valence-electron chi connectivity index (χ4n) is 3.19. The minimum absolute atomic E-state index is 0.265. The van der Waals surface area contributed by atoms with Crippen molar-refractivity contribution in [1.82, 2.24) is 4.90 Å². The summed E-state index contributed by atoms with van der Waals surface area (Å²) in [6.45, 7) is 2.95. The van der Waals surface area contributed by atoms with Gasteiger partial charge in [0.2, 0.25) is 0 Å². The molecule has 104 valence electrons. The normalized spacial score (nSPS) is 22.7. The van der Waals surface area contributed by atoms with Gasteiger partial charge >= 0.3 is 0 Å². The summed E-state index contributed by atoms with van der Waals surface area (Å²) in [6, 6.07) is 9.10. The van der Waals surface area contributed by atoms with E-state index in [2.05, 4.69) is 23.1 Å². The molecule has 1 aliphatic heterocycles. The zero-order chi connectivity index (χ0) is 13.1. The average Bonchev–Trinajstić information content (AvgIpc) is 2.37. The predicted molar refractivity (Wildman–Crippen MR) is 75.6 cm³/mol. The number of nitrogens with zero attached hydrogens (tertiary/aromatic N) is 1. The van der Waals surface area contributed by atoms with Crippen LogP contribution >= 0.6 is 0 Å². The van der Waals surface area contributed by atoms with Crippen molar-refractivity contribution >= 4 is 0 Å². The monoisotopic (exact) mass is 261 g/mol. The SMILES string of the molecule is OCCN(CC1CCOc2ccccc21)C1CCC1. The van der Waals surface area contributed by atoms with Gasteiger partial charge in [-0.15, -0.1) is 0 Å². The van der Waals surface area contributed by atoms with Gasteiger partial charge in [-0.25, -0.2) is 0 Å². The largest absolute Gasteiger partial charge is 0.493 e. The molecule has 3 heteroatoms. The Labute approximate surface area is 115 Å². The van der Waals surface area contributed by atoms with E-state index in [1.165, 1.54) is 24.8 Å². The summed E-state index contributed by atoms with van der Waals surface area (Å²) < 4.78 is 5.73. The van der Waals surface area contributed by atoms with Gasteiger partial charge in [0.25, 0.3) is 0 Å². The Balaban J connectivity index is 1.71. The summed E-state index contributed by atoms with van der Waals surface area (Å²) in [5, 5.41) is 9.26. The Morgan fingerprint density at radius 3 is 2.79 bits per heavy atom. The Bertz CT molecular complexity index is 417. The van der Waals surface area contributed by atoms with Crippen molar-refractivity contribution in [3.05, 3.63) is 29.8 Å². The van der Waals surface area contributed by atoms with E-state index in [-0.39, 0.29) is 6.61 Å². The van der Waals surface area contributed by atoms with E-state index in [9.17, 15) is 5.11 Å². The lowest BCUT2D eigenvalue weighted by atomic mass is 9.88. The lowest BCUT2D eigenvalue weighted by molar-refractivity contribution is 0.0887. The summed E-state index contributed by atoms with van der Waals surface area (Å²) in [5.74, 6) is 1.61. The predicted octanol–water partition coefficient (Wildman–Crippen LogP) is 2.40. The van der Waals surface area contributed by atoms with Gasteiger partial charge in [0, 0.05) is 25.0 Å². The second-order valence-electron chi connectivity index (χ2n) is 5.68. The van der Waals surface area contributed by atoms with E-state index in [1.807, 2.05) is 6.07 Å². The third-order valence-electron chi connectivity index (χ3n) is 4.52. The number of aliphatic hydroxyl groups excluding tert-OH is 1. The van der Waals surface area contributed by atoms with Crippen molar-refractivity contribution < 1.29 is 9.84 Å². The lowest BCUT2D eigenvalue weighted by Crippen LogP contribution is -2.44. The lowest BCUT2D eigenvalue weighted by Gasteiger charge is -2.40. The van der Waals surface area contributed by atoms with Gasteiger partial charge in [0.1, 0.15) is 5.75 Å². The van der Waals surface area contributed by atoms with Gasteiger partial charge in [-0.3, -0.25) is 4.90 Å². The molecule has 0 spiro atoms. The van der Waals surface area contributed by atoms with Crippen LogP contribution in [0.4, 0.5) is 0 Å². The van der Waals surface area contributed by atoms with E-state index in [4.69, 9.17) is 4.74 Å². The number of hydrogen-bond acceptors (Lipinski definition) is 3. The number of para-hydroxylation sites is 1. The fraction of sp³-hybridized carbons (Fsp3) is 0.625. The van der Waals surface area contributed by atoms with E-state index in [0.717, 1.165) is 31.9 Å². The molecule has 1 aromatic carbocycles. The van der Waals surface area contributed by atoms with Gasteiger partial charge in [-0.1, -0.05) is 24.6 Å². The minimum Gasteiger partial charge on any atom is -0.493 e. The van der Waals surface area contributed by atoms with Gasteiger partial charge < -0.3 is 9.84 Å². The van der Waals surface area contributed by atoms with Crippen molar-refractivity contribution in [2.75, 3.05) is 26.3 Å². The van der Waals surface area contributed by atoms with E-state index >= 15 is 0 Å². The third kappa shape index (κ3) is 2.77. The first-order valence-corrected chi connectivity index (χ1v) is 7.45. The summed E-state index contributed by atoms with van der Waals surface area (Å²) in [4.78, 5) is 2.48. The van der Waals surface area contributed by atoms with Crippen LogP contribution in [0.15, 0.2) is 24.3 Å². The zero-order valence-corrected chi connectivity index (χ0v) is 11.4. The highest BCUT2D eigenvalue weighted by atomic mass is 16.5. The van der Waals surface area contributed by atoms with Crippen LogP contribution in [0.25, 0.3) is 0 Å². The summed E-state index contributed by atoms with van der Waals surface area (Å²) in [5.41, 5.74) is 1.34. The molecule has 1 heterocycles. The maximum Gasteiger partial charge on any atom is 0.122 e. The molecule has 1 fully saturated rings. The van der Waals surface area contributed by atoms with E-state index < -0.39 is 0 Å². The molecule has 0 amide bonds. The highest BCUT2D eigenvalue weighted by Gasteiger charge is 2.29. The zero-order valence-electron chi connectivity index (χ0n) is 11.4. The second-order valence-corrected chi connectivity index (χ2v) is 5.68. The summed E-state index contributed by atoms with van der Waals surface area (Å²) in [6.07, 6.45) is 5.03. The van der Waals surface area contributed by atoms with Gasteiger partial charge in [-0.05, 0) is 30.9 Å². The topological polar surface area (TPSA) is 32.7 Å². The Morgan fingerprint density at radius 1 is 1.21 bits per heavy atom. The molecule has 3 rings (SSSR count). The molecule has 0 aromatic heterocycles. The van der Waals surface area contributed by atoms with E-state index in [1.54, 1.807) is 0 Å². The van der Waals surface area contributed by atoms with Crippen LogP contribution < -0.4 is 4.74 Å². The van der Waals surface area contributed by atoms with Crippen LogP contribution in [0.2, 0.25) is 0 Å². The number of hydrogen-bond donors (Lipinski definition) is 1. The van der Waals surface area contributed by atoms with Crippen LogP contribution in [0.5, 0.6) is 5.75 Å². The van der Waals surface area contributed by atoms with Crippen LogP contribution in [0.3, 0.4) is 0 Å². The van der Waals surface area contributed by atoms with Crippen molar-refractivity contribution in [2.45, 2.75) is 37.6 Å². The molecule has 0 saturated heterocycles. The van der Waals surface area contributed by atoms with Crippen LogP contribution in [0, 0.1) is 0 Å². The quantitative estimate of drug-likeness (QED) is 0.883. The second kappa shape index (κ2) is 5.93.